The average Bonchev–Trinajstić information content (AvgIpc) is 3.15. The van der Waals surface area contributed by atoms with Gasteiger partial charge in [0.25, 0.3) is 0 Å². The lowest BCUT2D eigenvalue weighted by Crippen LogP contribution is -2.24. The molecule has 0 spiro atoms. The molecule has 1 saturated heterocycles. The quantitative estimate of drug-likeness (QED) is 0.600. The smallest absolute Gasteiger partial charge is 0.248 e. The van der Waals surface area contributed by atoms with Gasteiger partial charge < -0.3 is 15.4 Å². The molecule has 2 aromatic rings. The second-order valence-electron chi connectivity index (χ2n) is 7.56. The number of nitrogens with zero attached hydrogens (tertiary/aromatic N) is 2. The van der Waals surface area contributed by atoms with Crippen LogP contribution in [0.3, 0.4) is 0 Å². The SMILES string of the molecule is N#CCCCCCCOc1cccc(C2CC(=O)N(c3cccc(C(N)=O)c3)C2)c1. The van der Waals surface area contributed by atoms with Gasteiger partial charge in [-0.25, -0.2) is 0 Å². The van der Waals surface area contributed by atoms with Crippen LogP contribution in [-0.2, 0) is 4.79 Å². The van der Waals surface area contributed by atoms with Gasteiger partial charge in [0, 0.05) is 36.6 Å². The van der Waals surface area contributed by atoms with Crippen LogP contribution in [0.4, 0.5) is 5.69 Å². The molecule has 0 radical (unpaired) electrons. The Hall–Kier alpha value is -3.33. The van der Waals surface area contributed by atoms with Crippen LogP contribution in [0.25, 0.3) is 0 Å². The number of carbonyl (C=O) groups excluding carboxylic acids is 2. The number of amides is 2. The molecule has 0 bridgehead atoms. The first kappa shape index (κ1) is 21.4. The molecule has 2 N–H and O–H groups in total. The minimum absolute atomic E-state index is 0.0327. The largest absolute Gasteiger partial charge is 0.494 e. The number of ether oxygens (including phenoxy) is 1. The molecule has 0 aliphatic carbocycles. The van der Waals surface area contributed by atoms with Gasteiger partial charge in [0.05, 0.1) is 12.7 Å². The number of rotatable bonds is 10. The van der Waals surface area contributed by atoms with Crippen molar-refractivity contribution in [2.45, 2.75) is 44.4 Å². The summed E-state index contributed by atoms with van der Waals surface area (Å²) in [5.74, 6) is 0.413. The lowest BCUT2D eigenvalue weighted by molar-refractivity contribution is -0.117. The zero-order valence-electron chi connectivity index (χ0n) is 17.0. The fourth-order valence-corrected chi connectivity index (χ4v) is 3.72. The number of primary amides is 1. The van der Waals surface area contributed by atoms with E-state index in [0.29, 0.717) is 37.2 Å². The molecule has 3 rings (SSSR count). The molecule has 1 aliphatic heterocycles. The molecule has 6 heteroatoms. The van der Waals surface area contributed by atoms with E-state index >= 15 is 0 Å². The predicted octanol–water partition coefficient (Wildman–Crippen LogP) is 4.16. The summed E-state index contributed by atoms with van der Waals surface area (Å²) in [4.78, 5) is 25.8. The Balaban J connectivity index is 1.57. The highest BCUT2D eigenvalue weighted by atomic mass is 16.5. The maximum atomic E-state index is 12.6. The first-order valence-corrected chi connectivity index (χ1v) is 10.4. The van der Waals surface area contributed by atoms with Crippen molar-refractivity contribution in [3.63, 3.8) is 0 Å². The molecule has 1 unspecified atom stereocenters. The molecule has 30 heavy (non-hydrogen) atoms. The maximum absolute atomic E-state index is 12.6. The Bertz CT molecular complexity index is 935. The van der Waals surface area contributed by atoms with E-state index in [9.17, 15) is 9.59 Å². The van der Waals surface area contributed by atoms with Gasteiger partial charge in [-0.15, -0.1) is 0 Å². The van der Waals surface area contributed by atoms with Crippen LogP contribution >= 0.6 is 0 Å². The molecule has 1 aliphatic rings. The summed E-state index contributed by atoms with van der Waals surface area (Å²) in [7, 11) is 0. The fourth-order valence-electron chi connectivity index (χ4n) is 3.72. The zero-order valence-corrected chi connectivity index (χ0v) is 17.0. The van der Waals surface area contributed by atoms with Crippen molar-refractivity contribution in [1.82, 2.24) is 0 Å². The topological polar surface area (TPSA) is 96.4 Å². The first-order chi connectivity index (χ1) is 14.6. The van der Waals surface area contributed by atoms with E-state index in [-0.39, 0.29) is 11.8 Å². The van der Waals surface area contributed by atoms with Crippen LogP contribution in [-0.4, -0.2) is 25.0 Å². The van der Waals surface area contributed by atoms with Gasteiger partial charge in [0.15, 0.2) is 0 Å². The summed E-state index contributed by atoms with van der Waals surface area (Å²) in [6.45, 7) is 1.20. The monoisotopic (exact) mass is 405 g/mol. The van der Waals surface area contributed by atoms with Crippen molar-refractivity contribution in [3.8, 4) is 11.8 Å². The van der Waals surface area contributed by atoms with E-state index < -0.39 is 5.91 Å². The van der Waals surface area contributed by atoms with Crippen LogP contribution in [0.15, 0.2) is 48.5 Å². The van der Waals surface area contributed by atoms with E-state index in [1.807, 2.05) is 30.3 Å². The zero-order chi connectivity index (χ0) is 21.3. The van der Waals surface area contributed by atoms with Crippen molar-refractivity contribution in [1.29, 1.82) is 5.26 Å². The van der Waals surface area contributed by atoms with Crippen molar-refractivity contribution >= 4 is 17.5 Å². The number of benzene rings is 2. The molecule has 0 aromatic heterocycles. The summed E-state index contributed by atoms with van der Waals surface area (Å²) in [6.07, 6.45) is 5.05. The van der Waals surface area contributed by atoms with E-state index in [1.165, 1.54) is 0 Å². The summed E-state index contributed by atoms with van der Waals surface area (Å²) in [5, 5.41) is 8.55. The molecule has 0 saturated carbocycles. The summed E-state index contributed by atoms with van der Waals surface area (Å²) < 4.78 is 5.88. The van der Waals surface area contributed by atoms with Crippen LogP contribution < -0.4 is 15.4 Å². The minimum atomic E-state index is -0.505. The lowest BCUT2D eigenvalue weighted by Gasteiger charge is -2.18. The van der Waals surface area contributed by atoms with Gasteiger partial charge >= 0.3 is 0 Å². The Morgan fingerprint density at radius 2 is 1.93 bits per heavy atom. The van der Waals surface area contributed by atoms with Gasteiger partial charge in [0.1, 0.15) is 5.75 Å². The highest BCUT2D eigenvalue weighted by Crippen LogP contribution is 2.33. The molecular formula is C24H27N3O3. The third kappa shape index (κ3) is 5.60. The molecule has 1 atom stereocenters. The molecule has 2 amide bonds. The highest BCUT2D eigenvalue weighted by molar-refractivity contribution is 5.99. The molecule has 6 nitrogen and oxygen atoms in total. The average molecular weight is 405 g/mol. The predicted molar refractivity (Wildman–Crippen MR) is 115 cm³/mol. The van der Waals surface area contributed by atoms with E-state index in [1.54, 1.807) is 23.1 Å². The van der Waals surface area contributed by atoms with Crippen molar-refractivity contribution in [2.24, 2.45) is 5.73 Å². The molecule has 2 aromatic carbocycles. The number of nitrogens with two attached hydrogens (primary N) is 1. The van der Waals surface area contributed by atoms with Gasteiger partial charge in [-0.3, -0.25) is 9.59 Å². The second-order valence-corrected chi connectivity index (χ2v) is 7.56. The Labute approximate surface area is 177 Å². The highest BCUT2D eigenvalue weighted by Gasteiger charge is 2.32. The molecule has 1 heterocycles. The Morgan fingerprint density at radius 1 is 1.13 bits per heavy atom. The van der Waals surface area contributed by atoms with E-state index in [2.05, 4.69) is 6.07 Å². The number of hydrogen-bond acceptors (Lipinski definition) is 4. The van der Waals surface area contributed by atoms with E-state index in [4.69, 9.17) is 15.7 Å². The first-order valence-electron chi connectivity index (χ1n) is 10.4. The molecule has 1 fully saturated rings. The molecule has 156 valence electrons. The number of carbonyl (C=O) groups is 2. The number of anilines is 1. The number of hydrogen-bond donors (Lipinski definition) is 1. The van der Waals surface area contributed by atoms with Crippen LogP contribution in [0.1, 0.15) is 60.4 Å². The third-order valence-electron chi connectivity index (χ3n) is 5.35. The van der Waals surface area contributed by atoms with Crippen LogP contribution in [0, 0.1) is 11.3 Å². The normalized spacial score (nSPS) is 15.8. The summed E-state index contributed by atoms with van der Waals surface area (Å²) in [5.41, 5.74) is 7.53. The summed E-state index contributed by atoms with van der Waals surface area (Å²) in [6, 6.07) is 17.0. The van der Waals surface area contributed by atoms with Gasteiger partial charge in [-0.1, -0.05) is 31.0 Å². The Kier molecular flexibility index (Phi) is 7.45. The summed E-state index contributed by atoms with van der Waals surface area (Å²) >= 11 is 0. The molecular weight excluding hydrogens is 378 g/mol. The van der Waals surface area contributed by atoms with Crippen LogP contribution in [0.2, 0.25) is 0 Å². The second kappa shape index (κ2) is 10.4. The number of nitriles is 1. The van der Waals surface area contributed by atoms with Gasteiger partial charge in [-0.05, 0) is 48.7 Å². The minimum Gasteiger partial charge on any atom is -0.494 e. The third-order valence-corrected chi connectivity index (χ3v) is 5.35. The number of unbranched alkanes of at least 4 members (excludes halogenated alkanes) is 4. The van der Waals surface area contributed by atoms with Crippen molar-refractivity contribution in [3.05, 3.63) is 59.7 Å². The van der Waals surface area contributed by atoms with Crippen LogP contribution in [0.5, 0.6) is 5.75 Å². The lowest BCUT2D eigenvalue weighted by atomic mass is 9.98. The Morgan fingerprint density at radius 3 is 2.73 bits per heavy atom. The standard InChI is InChI=1S/C24H27N3O3/c25-12-4-2-1-3-5-13-30-22-11-7-8-18(15-22)20-16-23(28)27(17-20)21-10-6-9-19(14-21)24(26)29/h6-11,14-15,20H,1-5,13,16-17H2,(H2,26,29). The van der Waals surface area contributed by atoms with Crippen molar-refractivity contribution in [2.75, 3.05) is 18.1 Å². The van der Waals surface area contributed by atoms with Gasteiger partial charge in [0.2, 0.25) is 11.8 Å². The van der Waals surface area contributed by atoms with E-state index in [0.717, 1.165) is 37.0 Å². The maximum Gasteiger partial charge on any atom is 0.248 e. The van der Waals surface area contributed by atoms with Gasteiger partial charge in [-0.2, -0.15) is 5.26 Å². The fraction of sp³-hybridized carbons (Fsp3) is 0.375. The van der Waals surface area contributed by atoms with Crippen molar-refractivity contribution < 1.29 is 14.3 Å².